The van der Waals surface area contributed by atoms with Crippen molar-refractivity contribution in [3.05, 3.63) is 60.2 Å². The van der Waals surface area contributed by atoms with Crippen molar-refractivity contribution in [1.82, 2.24) is 19.3 Å². The summed E-state index contributed by atoms with van der Waals surface area (Å²) in [6.07, 6.45) is 7.23. The number of nitrogens with two attached hydrogens (primary N) is 1. The molecule has 0 aromatic carbocycles. The van der Waals surface area contributed by atoms with Crippen LogP contribution < -0.4 is 11.3 Å². The summed E-state index contributed by atoms with van der Waals surface area (Å²) in [5.74, 6) is 4.69. The Labute approximate surface area is 240 Å². The topological polar surface area (TPSA) is 128 Å². The fourth-order valence-corrected chi connectivity index (χ4v) is 2.51. The molecule has 0 radical (unpaired) electrons. The molecular weight excluding hydrogens is 492 g/mol. The van der Waals surface area contributed by atoms with Crippen molar-refractivity contribution in [1.29, 1.82) is 0 Å². The predicted octanol–water partition coefficient (Wildman–Crippen LogP) is 8.45. The molecule has 0 aliphatic heterocycles. The van der Waals surface area contributed by atoms with Gasteiger partial charge in [0, 0.05) is 41.5 Å². The molecule has 4 N–H and O–H groups in total. The average molecular weight is 555 g/mol. The summed E-state index contributed by atoms with van der Waals surface area (Å²) in [5, 5.41) is 7.42. The van der Waals surface area contributed by atoms with Crippen LogP contribution in [0, 0.1) is 13.8 Å². The minimum atomic E-state index is -0.833. The van der Waals surface area contributed by atoms with E-state index in [4.69, 9.17) is 15.7 Å². The monoisotopic (exact) mass is 554 g/mol. The van der Waals surface area contributed by atoms with Gasteiger partial charge in [-0.25, -0.2) is 0 Å². The Morgan fingerprint density at radius 2 is 1.15 bits per heavy atom. The molecule has 0 atom stereocenters. The molecule has 39 heavy (non-hydrogen) atoms. The number of carboxylic acids is 1. The average Bonchev–Trinajstić information content (AvgIpc) is 3.46. The predicted molar refractivity (Wildman–Crippen MR) is 176 cm³/mol. The number of nitrogen functional groups attached to an aromatic ring is 1. The zero-order chi connectivity index (χ0) is 29.6. The molecular formula is C30H60N6O3. The highest BCUT2D eigenvalue weighted by atomic mass is 16.4. The molecule has 0 saturated heterocycles. The summed E-state index contributed by atoms with van der Waals surface area (Å²) in [6.45, 7) is 22.5. The van der Waals surface area contributed by atoms with Crippen LogP contribution in [0.2, 0.25) is 0 Å². The highest BCUT2D eigenvalue weighted by Crippen LogP contribution is 2.13. The highest BCUT2D eigenvalue weighted by molar-refractivity contribution is 5.85. The van der Waals surface area contributed by atoms with E-state index in [0.29, 0.717) is 0 Å². The summed E-state index contributed by atoms with van der Waals surface area (Å²) >= 11 is 0. The van der Waals surface area contributed by atoms with Crippen molar-refractivity contribution in [2.45, 2.75) is 97.9 Å². The Kier molecular flexibility index (Phi) is 31.4. The van der Waals surface area contributed by atoms with Crippen molar-refractivity contribution in [2.24, 2.45) is 0 Å². The van der Waals surface area contributed by atoms with E-state index in [1.165, 1.54) is 6.92 Å². The number of amides is 1. The summed E-state index contributed by atoms with van der Waals surface area (Å²) < 4.78 is 3.26. The first-order valence-corrected chi connectivity index (χ1v) is 12.8. The number of carbonyl (C=O) groups excluding carboxylic acids is 1. The Morgan fingerprint density at radius 3 is 1.56 bits per heavy atom. The van der Waals surface area contributed by atoms with Crippen LogP contribution in [-0.2, 0) is 9.59 Å². The van der Waals surface area contributed by atoms with Crippen molar-refractivity contribution >= 4 is 33.9 Å². The van der Waals surface area contributed by atoms with Crippen LogP contribution in [-0.4, -0.2) is 36.3 Å². The SMILES string of the molecule is C.C.CC.CC.CC.CC.CC(=O)Nn1ccc2ncc(C)cc21.CC(=O)O.Cc1cnc2ccn(N)c2c1.[2HH].[2HH]. The zero-order valence-corrected chi connectivity index (χ0v) is 24.7. The zero-order valence-electron chi connectivity index (χ0n) is 24.7. The first-order chi connectivity index (χ1) is 17.7. The summed E-state index contributed by atoms with van der Waals surface area (Å²) in [5.41, 5.74) is 8.61. The Hall–Kier alpha value is -3.88. The molecule has 9 heteroatoms. The highest BCUT2D eigenvalue weighted by Gasteiger charge is 2.02. The maximum absolute atomic E-state index is 10.9. The lowest BCUT2D eigenvalue weighted by Gasteiger charge is -2.04. The molecule has 0 bridgehead atoms. The van der Waals surface area contributed by atoms with Gasteiger partial charge in [0.1, 0.15) is 0 Å². The van der Waals surface area contributed by atoms with E-state index < -0.39 is 5.97 Å². The van der Waals surface area contributed by atoms with Gasteiger partial charge in [-0.1, -0.05) is 70.2 Å². The first kappa shape index (κ1) is 45.1. The van der Waals surface area contributed by atoms with E-state index in [0.717, 1.165) is 40.1 Å². The van der Waals surface area contributed by atoms with Gasteiger partial charge in [-0.2, -0.15) is 0 Å². The number of pyridine rings is 2. The number of nitrogens with one attached hydrogen (secondary N) is 1. The quantitative estimate of drug-likeness (QED) is 0.202. The molecule has 0 aliphatic carbocycles. The number of rotatable bonds is 1. The van der Waals surface area contributed by atoms with Gasteiger partial charge in [0.05, 0.1) is 22.1 Å². The second-order valence-electron chi connectivity index (χ2n) is 6.43. The van der Waals surface area contributed by atoms with E-state index in [9.17, 15) is 4.79 Å². The van der Waals surface area contributed by atoms with Gasteiger partial charge in [0.25, 0.3) is 5.97 Å². The van der Waals surface area contributed by atoms with Crippen molar-refractivity contribution < 1.29 is 17.5 Å². The molecule has 4 heterocycles. The van der Waals surface area contributed by atoms with Gasteiger partial charge in [-0.3, -0.25) is 34.3 Å². The number of hydrogen-bond acceptors (Lipinski definition) is 5. The third kappa shape index (κ3) is 18.1. The molecule has 0 spiro atoms. The van der Waals surface area contributed by atoms with Crippen molar-refractivity contribution in [2.75, 3.05) is 11.3 Å². The molecule has 4 aromatic heterocycles. The smallest absolute Gasteiger partial charge is 0.300 e. The lowest BCUT2D eigenvalue weighted by Crippen LogP contribution is -2.18. The number of aliphatic carboxylic acids is 1. The number of aromatic nitrogens is 4. The number of carbonyl (C=O) groups is 2. The van der Waals surface area contributed by atoms with Crippen LogP contribution in [0.1, 0.15) is 98.1 Å². The maximum atomic E-state index is 10.9. The standard InChI is InChI=1S/C10H11N3O.C8H9N3.C2H4O2.4C2H6.2CH4.2H2/c1-7-5-10-9(11-6-7)3-4-13(10)12-8(2)14;1-6-4-8-7(10-5-6)2-3-11(8)9;1-2(3)4;4*1-2;;;;/h3-6H,1-2H3,(H,12,14);2-5H,9H2,1H3;1H3,(H,3,4);4*1-2H3;2*1H4;2*1H/i;;;;;;;;;2*1+1. The van der Waals surface area contributed by atoms with Crippen LogP contribution in [0.3, 0.4) is 0 Å². The van der Waals surface area contributed by atoms with Crippen LogP contribution in [0.4, 0.5) is 0 Å². The fraction of sp³-hybridized carbons (Fsp3) is 0.467. The fourth-order valence-electron chi connectivity index (χ4n) is 2.51. The molecule has 0 unspecified atom stereocenters. The molecule has 1 amide bonds. The van der Waals surface area contributed by atoms with Gasteiger partial charge < -0.3 is 10.9 Å². The van der Waals surface area contributed by atoms with E-state index in [1.54, 1.807) is 27.9 Å². The van der Waals surface area contributed by atoms with Gasteiger partial charge >= 0.3 is 0 Å². The van der Waals surface area contributed by atoms with Gasteiger partial charge in [0.2, 0.25) is 5.91 Å². The Morgan fingerprint density at radius 1 is 0.795 bits per heavy atom. The van der Waals surface area contributed by atoms with Gasteiger partial charge in [-0.05, 0) is 49.2 Å². The maximum Gasteiger partial charge on any atom is 0.300 e. The number of aryl methyl sites for hydroxylation is 2. The lowest BCUT2D eigenvalue weighted by atomic mass is 10.3. The summed E-state index contributed by atoms with van der Waals surface area (Å²) in [4.78, 5) is 28.3. The second-order valence-corrected chi connectivity index (χ2v) is 6.43. The third-order valence-electron chi connectivity index (χ3n) is 3.66. The Balaban J connectivity index is -0.0000000775. The van der Waals surface area contributed by atoms with Gasteiger partial charge in [0.15, 0.2) is 0 Å². The number of hydrogen-bond donors (Lipinski definition) is 3. The van der Waals surface area contributed by atoms with Crippen molar-refractivity contribution in [3.8, 4) is 0 Å². The molecule has 0 aliphatic rings. The summed E-state index contributed by atoms with van der Waals surface area (Å²) in [7, 11) is 0. The van der Waals surface area contributed by atoms with Crippen LogP contribution >= 0.6 is 0 Å². The third-order valence-corrected chi connectivity index (χ3v) is 3.66. The minimum Gasteiger partial charge on any atom is -0.481 e. The van der Waals surface area contributed by atoms with E-state index in [2.05, 4.69) is 15.4 Å². The molecule has 228 valence electrons. The van der Waals surface area contributed by atoms with E-state index in [1.807, 2.05) is 99.7 Å². The minimum absolute atomic E-state index is 0. The Bertz CT molecular complexity index is 1160. The van der Waals surface area contributed by atoms with Crippen LogP contribution in [0.15, 0.2) is 49.1 Å². The largest absolute Gasteiger partial charge is 0.481 e. The molecule has 0 saturated carbocycles. The first-order valence-electron chi connectivity index (χ1n) is 12.8. The summed E-state index contributed by atoms with van der Waals surface area (Å²) in [6, 6.07) is 7.76. The normalized spacial score (nSPS) is 8.00. The number of carboxylic acid groups (broad SMARTS) is 1. The number of fused-ring (bicyclic) bond motifs is 2. The lowest BCUT2D eigenvalue weighted by molar-refractivity contribution is -0.134. The van der Waals surface area contributed by atoms with Gasteiger partial charge in [-0.15, -0.1) is 0 Å². The van der Waals surface area contributed by atoms with Crippen LogP contribution in [0.25, 0.3) is 22.1 Å². The second kappa shape index (κ2) is 27.2. The van der Waals surface area contributed by atoms with Crippen LogP contribution in [0.5, 0.6) is 0 Å². The number of nitrogens with zero attached hydrogens (tertiary/aromatic N) is 4. The van der Waals surface area contributed by atoms with E-state index in [-0.39, 0.29) is 23.6 Å². The van der Waals surface area contributed by atoms with E-state index >= 15 is 0 Å². The molecule has 0 fully saturated rings. The van der Waals surface area contributed by atoms with Crippen molar-refractivity contribution in [3.63, 3.8) is 0 Å². The molecule has 4 rings (SSSR count). The molecule has 9 nitrogen and oxygen atoms in total. The molecule has 4 aromatic rings.